The summed E-state index contributed by atoms with van der Waals surface area (Å²) in [4.78, 5) is 20.9. The van der Waals surface area contributed by atoms with Gasteiger partial charge in [-0.25, -0.2) is 4.98 Å². The van der Waals surface area contributed by atoms with Gasteiger partial charge in [-0.1, -0.05) is 26.2 Å². The lowest BCUT2D eigenvalue weighted by Crippen LogP contribution is -2.40. The van der Waals surface area contributed by atoms with Crippen LogP contribution in [0.1, 0.15) is 88.4 Å². The minimum Gasteiger partial charge on any atom is -0.379 e. The Balaban J connectivity index is 1.72. The molecule has 4 N–H and O–H groups in total. The molecule has 28 heavy (non-hydrogen) atoms. The normalized spacial score (nSPS) is 24.5. The van der Waals surface area contributed by atoms with Crippen molar-refractivity contribution in [1.29, 1.82) is 0 Å². The zero-order valence-electron chi connectivity index (χ0n) is 17.3. The number of nitrogens with zero attached hydrogens (tertiary/aromatic N) is 2. The van der Waals surface area contributed by atoms with Crippen molar-refractivity contribution in [3.05, 3.63) is 11.8 Å². The number of nitrogens with two attached hydrogens (primary N) is 1. The molecule has 7 nitrogen and oxygen atoms in total. The molecule has 1 aromatic heterocycles. The maximum Gasteiger partial charge on any atom is 0.254 e. The Morgan fingerprint density at radius 2 is 1.93 bits per heavy atom. The summed E-state index contributed by atoms with van der Waals surface area (Å²) in [5.41, 5.74) is 5.94. The van der Waals surface area contributed by atoms with Crippen LogP contribution in [-0.4, -0.2) is 40.2 Å². The lowest BCUT2D eigenvalue weighted by Gasteiger charge is -2.38. The van der Waals surface area contributed by atoms with E-state index in [1.807, 2.05) is 6.92 Å². The van der Waals surface area contributed by atoms with Gasteiger partial charge in [0.05, 0.1) is 11.7 Å². The number of ether oxygens (including phenoxy) is 1. The predicted molar refractivity (Wildman–Crippen MR) is 112 cm³/mol. The SMILES string of the molecule is CCO[C@H]1CC[C@H](Nc2ncc(C(N)=O)c(NC3(CC)CCCCC3)n2)CC1. The molecule has 2 fully saturated rings. The highest BCUT2D eigenvalue weighted by molar-refractivity contribution is 5.97. The molecule has 1 aromatic rings. The Kier molecular flexibility index (Phi) is 7.10. The maximum absolute atomic E-state index is 11.9. The Bertz CT molecular complexity index is 652. The molecule has 0 bridgehead atoms. The maximum atomic E-state index is 11.9. The van der Waals surface area contributed by atoms with Gasteiger partial charge in [0.2, 0.25) is 5.95 Å². The summed E-state index contributed by atoms with van der Waals surface area (Å²) in [6.45, 7) is 5.01. The van der Waals surface area contributed by atoms with Crippen molar-refractivity contribution in [1.82, 2.24) is 9.97 Å². The van der Waals surface area contributed by atoms with Gasteiger partial charge in [0, 0.05) is 24.4 Å². The highest BCUT2D eigenvalue weighted by Crippen LogP contribution is 2.35. The van der Waals surface area contributed by atoms with Gasteiger partial charge in [0.1, 0.15) is 5.82 Å². The van der Waals surface area contributed by atoms with E-state index in [1.165, 1.54) is 19.3 Å². The highest BCUT2D eigenvalue weighted by atomic mass is 16.5. The molecule has 0 unspecified atom stereocenters. The molecule has 0 atom stereocenters. The number of primary amides is 1. The standard InChI is InChI=1S/C21H35N5O2/c1-3-21(12-6-5-7-13-21)26-19-17(18(22)27)14-23-20(25-19)24-15-8-10-16(11-9-15)28-4-2/h14-16H,3-13H2,1-2H3,(H2,22,27)(H2,23,24,25,26)/t15-,16-. The van der Waals surface area contributed by atoms with E-state index in [2.05, 4.69) is 27.5 Å². The van der Waals surface area contributed by atoms with E-state index in [0.717, 1.165) is 51.6 Å². The lowest BCUT2D eigenvalue weighted by molar-refractivity contribution is 0.0346. The second-order valence-corrected chi connectivity index (χ2v) is 8.21. The van der Waals surface area contributed by atoms with Crippen LogP contribution >= 0.6 is 0 Å². The molecule has 156 valence electrons. The minimum atomic E-state index is -0.492. The van der Waals surface area contributed by atoms with Gasteiger partial charge < -0.3 is 21.1 Å². The molecule has 1 amide bonds. The molecular formula is C21H35N5O2. The average molecular weight is 390 g/mol. The van der Waals surface area contributed by atoms with E-state index in [9.17, 15) is 4.79 Å². The first-order valence-electron chi connectivity index (χ1n) is 10.9. The second-order valence-electron chi connectivity index (χ2n) is 8.21. The fourth-order valence-corrected chi connectivity index (χ4v) is 4.57. The van der Waals surface area contributed by atoms with Gasteiger partial charge in [-0.3, -0.25) is 4.79 Å². The first-order valence-corrected chi connectivity index (χ1v) is 10.9. The van der Waals surface area contributed by atoms with Gasteiger partial charge in [0.25, 0.3) is 5.91 Å². The van der Waals surface area contributed by atoms with Crippen LogP contribution in [0.25, 0.3) is 0 Å². The van der Waals surface area contributed by atoms with Crippen LogP contribution in [0.15, 0.2) is 6.20 Å². The summed E-state index contributed by atoms with van der Waals surface area (Å²) in [5, 5.41) is 7.03. The van der Waals surface area contributed by atoms with Crippen molar-refractivity contribution in [3.63, 3.8) is 0 Å². The fraction of sp³-hybridized carbons (Fsp3) is 0.762. The number of nitrogens with one attached hydrogen (secondary N) is 2. The number of anilines is 2. The predicted octanol–water partition coefficient (Wildman–Crippen LogP) is 3.86. The number of amides is 1. The Morgan fingerprint density at radius 3 is 2.54 bits per heavy atom. The number of carbonyl (C=O) groups is 1. The molecule has 0 aliphatic heterocycles. The fourth-order valence-electron chi connectivity index (χ4n) is 4.57. The van der Waals surface area contributed by atoms with Crippen molar-refractivity contribution >= 4 is 17.7 Å². The summed E-state index contributed by atoms with van der Waals surface area (Å²) in [5.74, 6) is 0.638. The third kappa shape index (κ3) is 5.13. The smallest absolute Gasteiger partial charge is 0.254 e. The number of hydrogen-bond acceptors (Lipinski definition) is 6. The molecule has 7 heteroatoms. The van der Waals surface area contributed by atoms with E-state index >= 15 is 0 Å². The summed E-state index contributed by atoms with van der Waals surface area (Å²) >= 11 is 0. The number of hydrogen-bond donors (Lipinski definition) is 3. The molecule has 1 heterocycles. The van der Waals surface area contributed by atoms with Crippen LogP contribution in [0.3, 0.4) is 0 Å². The van der Waals surface area contributed by atoms with Crippen molar-refractivity contribution in [2.75, 3.05) is 17.2 Å². The van der Waals surface area contributed by atoms with Crippen molar-refractivity contribution in [2.24, 2.45) is 5.73 Å². The number of carbonyl (C=O) groups excluding carboxylic acids is 1. The van der Waals surface area contributed by atoms with Crippen LogP contribution in [0.2, 0.25) is 0 Å². The Hall–Kier alpha value is -1.89. The largest absolute Gasteiger partial charge is 0.379 e. The molecule has 0 saturated heterocycles. The third-order valence-corrected chi connectivity index (χ3v) is 6.34. The minimum absolute atomic E-state index is 0.0103. The van der Waals surface area contributed by atoms with Crippen LogP contribution < -0.4 is 16.4 Å². The zero-order valence-corrected chi connectivity index (χ0v) is 17.3. The topological polar surface area (TPSA) is 102 Å². The van der Waals surface area contributed by atoms with Crippen molar-refractivity contribution < 1.29 is 9.53 Å². The molecule has 3 rings (SSSR count). The van der Waals surface area contributed by atoms with Crippen molar-refractivity contribution in [3.8, 4) is 0 Å². The zero-order chi connectivity index (χ0) is 20.0. The second kappa shape index (κ2) is 9.54. The molecule has 2 aliphatic carbocycles. The third-order valence-electron chi connectivity index (χ3n) is 6.34. The van der Waals surface area contributed by atoms with Crippen LogP contribution in [0.5, 0.6) is 0 Å². The van der Waals surface area contributed by atoms with E-state index in [-0.39, 0.29) is 5.54 Å². The van der Waals surface area contributed by atoms with Crippen LogP contribution in [0, 0.1) is 0 Å². The van der Waals surface area contributed by atoms with Crippen LogP contribution in [0.4, 0.5) is 11.8 Å². The van der Waals surface area contributed by atoms with E-state index < -0.39 is 5.91 Å². The van der Waals surface area contributed by atoms with Gasteiger partial charge in [-0.2, -0.15) is 4.98 Å². The Labute approximate surface area is 168 Å². The summed E-state index contributed by atoms with van der Waals surface area (Å²) in [6, 6.07) is 0.332. The van der Waals surface area contributed by atoms with E-state index in [4.69, 9.17) is 10.5 Å². The summed E-state index contributed by atoms with van der Waals surface area (Å²) in [6.07, 6.45) is 13.0. The van der Waals surface area contributed by atoms with E-state index in [1.54, 1.807) is 6.20 Å². The summed E-state index contributed by atoms with van der Waals surface area (Å²) < 4.78 is 5.73. The van der Waals surface area contributed by atoms with Gasteiger partial charge in [-0.15, -0.1) is 0 Å². The Morgan fingerprint density at radius 1 is 1.21 bits per heavy atom. The highest BCUT2D eigenvalue weighted by Gasteiger charge is 2.32. The van der Waals surface area contributed by atoms with Crippen molar-refractivity contribution in [2.45, 2.75) is 95.7 Å². The molecule has 2 aliphatic rings. The number of aromatic nitrogens is 2. The molecule has 0 radical (unpaired) electrons. The number of rotatable bonds is 8. The molecular weight excluding hydrogens is 354 g/mol. The monoisotopic (exact) mass is 389 g/mol. The molecule has 0 spiro atoms. The quantitative estimate of drug-likeness (QED) is 0.624. The molecule has 2 saturated carbocycles. The molecule has 0 aromatic carbocycles. The average Bonchev–Trinajstić information content (AvgIpc) is 2.70. The first kappa shape index (κ1) is 20.8. The van der Waals surface area contributed by atoms with Gasteiger partial charge in [0.15, 0.2) is 0 Å². The van der Waals surface area contributed by atoms with E-state index in [0.29, 0.717) is 29.5 Å². The lowest BCUT2D eigenvalue weighted by atomic mass is 9.79. The van der Waals surface area contributed by atoms with Gasteiger partial charge in [-0.05, 0) is 51.9 Å². The van der Waals surface area contributed by atoms with Crippen LogP contribution in [-0.2, 0) is 4.74 Å². The summed E-state index contributed by atoms with van der Waals surface area (Å²) in [7, 11) is 0. The van der Waals surface area contributed by atoms with Gasteiger partial charge >= 0.3 is 0 Å². The first-order chi connectivity index (χ1) is 13.5.